The molecule has 4 heterocycles. The fraction of sp³-hybridized carbons (Fsp3) is 0.211. The Morgan fingerprint density at radius 1 is 0.442 bits per heavy atom. The number of fused-ring (bicyclic) bond motifs is 8. The van der Waals surface area contributed by atoms with Gasteiger partial charge in [0.1, 0.15) is 0 Å². The molecule has 10 heteroatoms. The summed E-state index contributed by atoms with van der Waals surface area (Å²) in [4.78, 5) is 28.1. The van der Waals surface area contributed by atoms with Crippen LogP contribution in [0.5, 0.6) is 0 Å². The van der Waals surface area contributed by atoms with Gasteiger partial charge in [0.25, 0.3) is 11.4 Å². The third kappa shape index (κ3) is 9.17. The first-order chi connectivity index (χ1) is 41.4. The third-order valence-corrected chi connectivity index (χ3v) is 19.2. The number of nitro benzene ring substituents is 2. The van der Waals surface area contributed by atoms with Gasteiger partial charge in [0.2, 0.25) is 11.4 Å². The highest BCUT2D eigenvalue weighted by Gasteiger charge is 2.49. The van der Waals surface area contributed by atoms with Crippen molar-refractivity contribution in [3.05, 3.63) is 307 Å². The Morgan fingerprint density at radius 3 is 1.20 bits per heavy atom. The first-order valence-electron chi connectivity index (χ1n) is 29.7. The van der Waals surface area contributed by atoms with Gasteiger partial charge in [-0.15, -0.1) is 0 Å². The molecular weight excluding hydrogens is 1060 g/mol. The first kappa shape index (κ1) is 55.4. The van der Waals surface area contributed by atoms with Gasteiger partial charge in [-0.2, -0.15) is 9.15 Å². The van der Waals surface area contributed by atoms with E-state index in [9.17, 15) is 20.2 Å². The van der Waals surface area contributed by atoms with Gasteiger partial charge in [-0.25, -0.2) is 0 Å². The average Bonchev–Trinajstić information content (AvgIpc) is 1.68. The van der Waals surface area contributed by atoms with Crippen molar-refractivity contribution in [2.75, 3.05) is 23.9 Å². The van der Waals surface area contributed by atoms with Gasteiger partial charge < -0.3 is 9.80 Å². The van der Waals surface area contributed by atoms with E-state index >= 15 is 0 Å². The lowest BCUT2D eigenvalue weighted by Gasteiger charge is -2.29. The summed E-state index contributed by atoms with van der Waals surface area (Å²) in [5, 5.41) is 29.2. The minimum Gasteiger partial charge on any atom is -0.347 e. The Balaban J connectivity index is 0.868. The van der Waals surface area contributed by atoms with Crippen LogP contribution in [-0.4, -0.2) is 44.5 Å². The average molecular weight is 1130 g/mol. The minimum atomic E-state index is -0.537. The molecule has 0 spiro atoms. The lowest BCUT2D eigenvalue weighted by Crippen LogP contribution is -2.29. The van der Waals surface area contributed by atoms with Gasteiger partial charge in [0.15, 0.2) is 24.5 Å². The fourth-order valence-electron chi connectivity index (χ4n) is 15.0. The number of hydrogen-bond donors (Lipinski definition) is 0. The van der Waals surface area contributed by atoms with E-state index < -0.39 is 10.8 Å². The van der Waals surface area contributed by atoms with E-state index in [2.05, 4.69) is 257 Å². The van der Waals surface area contributed by atoms with Crippen molar-refractivity contribution in [2.45, 2.75) is 89.1 Å². The summed E-state index contributed by atoms with van der Waals surface area (Å²) in [6.07, 6.45) is 14.8. The highest BCUT2D eigenvalue weighted by Crippen LogP contribution is 2.53. The van der Waals surface area contributed by atoms with Crippen LogP contribution in [0, 0.1) is 20.2 Å². The van der Waals surface area contributed by atoms with E-state index in [1.54, 1.807) is 24.3 Å². The summed E-state index contributed by atoms with van der Waals surface area (Å²) in [5.41, 5.74) is 16.4. The van der Waals surface area contributed by atoms with Crippen molar-refractivity contribution < 1.29 is 19.0 Å². The van der Waals surface area contributed by atoms with E-state index in [0.717, 1.165) is 45.0 Å². The molecule has 4 aliphatic rings. The second kappa shape index (κ2) is 21.1. The van der Waals surface area contributed by atoms with Gasteiger partial charge in [-0.3, -0.25) is 20.2 Å². The van der Waals surface area contributed by atoms with Crippen molar-refractivity contribution in [1.29, 1.82) is 0 Å². The summed E-state index contributed by atoms with van der Waals surface area (Å²) in [6.45, 7) is 15.1. The topological polar surface area (TPSA) is 98.8 Å². The van der Waals surface area contributed by atoms with E-state index in [1.165, 1.54) is 66.6 Å². The Labute approximate surface area is 503 Å². The number of non-ortho nitro benzene ring substituents is 2. The molecule has 9 aromatic carbocycles. The molecule has 0 bridgehead atoms. The van der Waals surface area contributed by atoms with Crippen molar-refractivity contribution in [3.63, 3.8) is 0 Å². The number of benzene rings is 9. The molecule has 0 aliphatic carbocycles. The van der Waals surface area contributed by atoms with Gasteiger partial charge in [0.05, 0.1) is 20.7 Å². The van der Waals surface area contributed by atoms with Crippen LogP contribution in [-0.2, 0) is 47.6 Å². The van der Waals surface area contributed by atoms with E-state index in [0.29, 0.717) is 25.9 Å². The molecule has 0 amide bonds. The Bertz CT molecular complexity index is 4190. The quantitative estimate of drug-likeness (QED) is 0.0611. The lowest BCUT2D eigenvalue weighted by atomic mass is 9.76. The second-order valence-electron chi connectivity index (χ2n) is 25.2. The zero-order chi connectivity index (χ0) is 59.9. The molecule has 4 aliphatic heterocycles. The monoisotopic (exact) mass is 1130 g/mol. The molecule has 0 saturated heterocycles. The summed E-state index contributed by atoms with van der Waals surface area (Å²) in [6, 6.07) is 66.9. The van der Waals surface area contributed by atoms with Gasteiger partial charge in [-0.1, -0.05) is 146 Å². The van der Waals surface area contributed by atoms with Crippen molar-refractivity contribution in [1.82, 2.24) is 0 Å². The molecule has 0 radical (unpaired) electrons. The van der Waals surface area contributed by atoms with E-state index in [4.69, 9.17) is 0 Å². The normalized spacial score (nSPS) is 20.1. The largest absolute Gasteiger partial charge is 0.347 e. The summed E-state index contributed by atoms with van der Waals surface area (Å²) in [5.74, 6) is 0. The minimum absolute atomic E-state index is 0.0933. The van der Waals surface area contributed by atoms with Crippen LogP contribution in [0.15, 0.2) is 242 Å². The predicted octanol–water partition coefficient (Wildman–Crippen LogP) is 17.1. The van der Waals surface area contributed by atoms with Gasteiger partial charge in [0, 0.05) is 118 Å². The molecule has 426 valence electrons. The number of rotatable bonds is 14. The lowest BCUT2D eigenvalue weighted by molar-refractivity contribution is -0.455. The zero-order valence-electron chi connectivity index (χ0n) is 50.1. The summed E-state index contributed by atoms with van der Waals surface area (Å²) in [7, 11) is 4.14. The smallest absolute Gasteiger partial charge is 0.269 e. The molecule has 10 nitrogen and oxygen atoms in total. The van der Waals surface area contributed by atoms with E-state index in [-0.39, 0.29) is 32.1 Å². The predicted molar refractivity (Wildman–Crippen MR) is 350 cm³/mol. The van der Waals surface area contributed by atoms with Crippen molar-refractivity contribution in [2.24, 2.45) is 0 Å². The highest BCUT2D eigenvalue weighted by atomic mass is 16.6. The second-order valence-corrected chi connectivity index (χ2v) is 25.2. The molecule has 0 N–H and O–H groups in total. The number of allylic oxidation sites excluding steroid dienone is 8. The highest BCUT2D eigenvalue weighted by molar-refractivity contribution is 6.09. The molecule has 86 heavy (non-hydrogen) atoms. The molecule has 2 unspecified atom stereocenters. The maximum atomic E-state index is 12.2. The number of anilines is 2. The number of likely N-dealkylation sites (N-methyl/N-ethyl adjacent to an activating group) is 2. The van der Waals surface area contributed by atoms with E-state index in [1.807, 2.05) is 24.3 Å². The van der Waals surface area contributed by atoms with Crippen LogP contribution < -0.4 is 9.80 Å². The molecule has 13 rings (SSSR count). The maximum Gasteiger partial charge on any atom is 0.269 e. The summed E-state index contributed by atoms with van der Waals surface area (Å²) < 4.78 is 4.99. The molecule has 0 saturated carbocycles. The van der Waals surface area contributed by atoms with Crippen LogP contribution in [0.4, 0.5) is 34.1 Å². The fourth-order valence-corrected chi connectivity index (χ4v) is 15.0. The Hall–Kier alpha value is -9.80. The standard InChI is InChI=1S/C76H70N6O4/c1-73(2)67(29-19-31-69-75(5,47-51-21-11-9-12-22-51)61-45-57(81(83)84)39-43-63(61)77(69)7)79(65-41-37-55-25-15-17-27-59(55)71(65)73)49-53-33-35-54(36-34-53)50-80-66-42-38-56-26-16-18-28-60(56)72(66)74(3,4)68(80)30-20-32-70-76(6,48-52-23-13-10-14-24-52)62-46-58(82(85)86)40-44-64(62)78(70)8/h9-46H,47-50H2,1-8H3/q+2. The Kier molecular flexibility index (Phi) is 13.6. The third-order valence-electron chi connectivity index (χ3n) is 19.2. The molecular formula is C76H70N6O4+2. The zero-order valence-corrected chi connectivity index (χ0v) is 50.1. The van der Waals surface area contributed by atoms with Crippen molar-refractivity contribution in [3.8, 4) is 0 Å². The molecule has 9 aromatic rings. The maximum absolute atomic E-state index is 12.2. The van der Waals surface area contributed by atoms with Crippen LogP contribution >= 0.6 is 0 Å². The summed E-state index contributed by atoms with van der Waals surface area (Å²) >= 11 is 0. The Morgan fingerprint density at radius 2 is 0.814 bits per heavy atom. The van der Waals surface area contributed by atoms with Crippen LogP contribution in [0.3, 0.4) is 0 Å². The molecule has 0 fully saturated rings. The number of nitrogens with zero attached hydrogens (tertiary/aromatic N) is 6. The molecule has 2 atom stereocenters. The van der Waals surface area contributed by atoms with Crippen LogP contribution in [0.25, 0.3) is 21.5 Å². The van der Waals surface area contributed by atoms with Crippen LogP contribution in [0.1, 0.15) is 86.1 Å². The SMILES string of the molecule is CN1C(=CC=CC2=[N+](Cc3ccc(C[N+]4=C(C=CC=C5N(C)c6ccc([N+](=O)[O-])cc6C5(C)Cc5ccccc5)C(C)(C)c5c4ccc4ccccc54)cc3)c3ccc4ccccc4c3C2(C)C)C(C)(Cc2ccccc2)c2cc([N+](=O)[O-])ccc21. The van der Waals surface area contributed by atoms with Gasteiger partial charge >= 0.3 is 0 Å². The number of nitro groups is 2. The first-order valence-corrected chi connectivity index (χ1v) is 29.7. The van der Waals surface area contributed by atoms with Crippen molar-refractivity contribution >= 4 is 67.1 Å². The molecule has 0 aromatic heterocycles. The number of hydrogen-bond acceptors (Lipinski definition) is 6. The van der Waals surface area contributed by atoms with Crippen LogP contribution in [0.2, 0.25) is 0 Å². The van der Waals surface area contributed by atoms with Gasteiger partial charge in [-0.05, 0) is 135 Å².